The second kappa shape index (κ2) is 8.35. The molecule has 2 aromatic carbocycles. The van der Waals surface area contributed by atoms with Gasteiger partial charge in [-0.25, -0.2) is 0 Å². The van der Waals surface area contributed by atoms with E-state index in [-0.39, 0.29) is 11.8 Å². The molecular weight excluding hydrogens is 416 g/mol. The number of halogens is 1. The van der Waals surface area contributed by atoms with Crippen LogP contribution in [-0.4, -0.2) is 39.2 Å². The Bertz CT molecular complexity index is 1180. The maximum Gasteiger partial charge on any atom is 0.276 e. The Labute approximate surface area is 183 Å². The van der Waals surface area contributed by atoms with E-state index in [9.17, 15) is 4.79 Å². The molecule has 0 aliphatic carbocycles. The van der Waals surface area contributed by atoms with Gasteiger partial charge in [0.05, 0.1) is 0 Å². The first-order chi connectivity index (χ1) is 15.2. The van der Waals surface area contributed by atoms with Gasteiger partial charge >= 0.3 is 0 Å². The van der Waals surface area contributed by atoms with Crippen molar-refractivity contribution < 1.29 is 13.8 Å². The molecule has 0 spiro atoms. The zero-order valence-electron chi connectivity index (χ0n) is 16.6. The van der Waals surface area contributed by atoms with E-state index in [4.69, 9.17) is 20.6 Å². The lowest BCUT2D eigenvalue weighted by Gasteiger charge is -2.29. The number of hydrogen-bond acceptors (Lipinski definition) is 6. The second-order valence-electron chi connectivity index (χ2n) is 7.47. The summed E-state index contributed by atoms with van der Waals surface area (Å²) in [6.07, 6.45) is 1.51. The molecule has 4 aromatic rings. The highest BCUT2D eigenvalue weighted by Gasteiger charge is 2.29. The molecule has 1 amide bonds. The monoisotopic (exact) mass is 434 g/mol. The summed E-state index contributed by atoms with van der Waals surface area (Å²) in [4.78, 5) is 19.2. The summed E-state index contributed by atoms with van der Waals surface area (Å²) in [5.41, 5.74) is 2.04. The number of piperidine rings is 1. The van der Waals surface area contributed by atoms with Gasteiger partial charge in [-0.2, -0.15) is 4.98 Å². The molecule has 3 heterocycles. The van der Waals surface area contributed by atoms with Gasteiger partial charge in [0.1, 0.15) is 0 Å². The van der Waals surface area contributed by atoms with Crippen LogP contribution in [0.15, 0.2) is 69.7 Å². The van der Waals surface area contributed by atoms with Crippen LogP contribution < -0.4 is 0 Å². The summed E-state index contributed by atoms with van der Waals surface area (Å²) in [5, 5.41) is 8.71. The lowest BCUT2D eigenvalue weighted by atomic mass is 9.96. The van der Waals surface area contributed by atoms with Gasteiger partial charge in [-0.05, 0) is 37.1 Å². The molecule has 31 heavy (non-hydrogen) atoms. The van der Waals surface area contributed by atoms with Crippen LogP contribution in [-0.2, 0) is 0 Å². The fourth-order valence-electron chi connectivity index (χ4n) is 3.72. The predicted molar refractivity (Wildman–Crippen MR) is 115 cm³/mol. The Balaban J connectivity index is 1.22. The van der Waals surface area contributed by atoms with Gasteiger partial charge in [0.15, 0.2) is 11.5 Å². The van der Waals surface area contributed by atoms with E-state index in [0.717, 1.165) is 24.0 Å². The topological polar surface area (TPSA) is 85.3 Å². The highest BCUT2D eigenvalue weighted by Crippen LogP contribution is 2.29. The molecule has 0 atom stereocenters. The maximum atomic E-state index is 12.9. The summed E-state index contributed by atoms with van der Waals surface area (Å²) in [7, 11) is 0. The van der Waals surface area contributed by atoms with Gasteiger partial charge in [0.2, 0.25) is 11.7 Å². The minimum absolute atomic E-state index is 0.135. The first kappa shape index (κ1) is 19.5. The molecule has 0 saturated carbocycles. The minimum atomic E-state index is -0.141. The third kappa shape index (κ3) is 4.09. The van der Waals surface area contributed by atoms with E-state index >= 15 is 0 Å². The summed E-state index contributed by atoms with van der Waals surface area (Å²) in [5.74, 6) is 1.74. The summed E-state index contributed by atoms with van der Waals surface area (Å²) < 4.78 is 10.9. The highest BCUT2D eigenvalue weighted by molar-refractivity contribution is 6.30. The van der Waals surface area contributed by atoms with Crippen LogP contribution in [0.4, 0.5) is 0 Å². The molecule has 1 aliphatic rings. The average Bonchev–Trinajstić information content (AvgIpc) is 3.50. The van der Waals surface area contributed by atoms with Crippen LogP contribution in [0.25, 0.3) is 22.7 Å². The SMILES string of the molecule is O=C(c1cc(-c2ccc(Cl)cc2)on1)N1CCC(c2nc(-c3ccccc3)no2)CC1. The fourth-order valence-corrected chi connectivity index (χ4v) is 3.85. The van der Waals surface area contributed by atoms with Gasteiger partial charge in [0.25, 0.3) is 5.91 Å². The van der Waals surface area contributed by atoms with E-state index in [0.29, 0.717) is 41.3 Å². The molecule has 0 radical (unpaired) electrons. The van der Waals surface area contributed by atoms with Crippen molar-refractivity contribution in [2.45, 2.75) is 18.8 Å². The van der Waals surface area contributed by atoms with Crippen LogP contribution in [0.1, 0.15) is 35.1 Å². The van der Waals surface area contributed by atoms with Crippen molar-refractivity contribution in [3.05, 3.63) is 77.3 Å². The van der Waals surface area contributed by atoms with E-state index < -0.39 is 0 Å². The minimum Gasteiger partial charge on any atom is -0.355 e. The summed E-state index contributed by atoms with van der Waals surface area (Å²) in [6.45, 7) is 1.19. The number of benzene rings is 2. The Hall–Kier alpha value is -3.45. The number of likely N-dealkylation sites (tertiary alicyclic amines) is 1. The average molecular weight is 435 g/mol. The lowest BCUT2D eigenvalue weighted by molar-refractivity contribution is 0.0694. The van der Waals surface area contributed by atoms with Gasteiger partial charge in [-0.1, -0.05) is 52.2 Å². The number of nitrogens with zero attached hydrogens (tertiary/aromatic N) is 4. The van der Waals surface area contributed by atoms with Crippen molar-refractivity contribution >= 4 is 17.5 Å². The quantitative estimate of drug-likeness (QED) is 0.446. The number of carbonyl (C=O) groups is 1. The number of carbonyl (C=O) groups excluding carboxylic acids is 1. The third-order valence-electron chi connectivity index (χ3n) is 5.46. The van der Waals surface area contributed by atoms with Crippen molar-refractivity contribution in [2.24, 2.45) is 0 Å². The molecule has 8 heteroatoms. The highest BCUT2D eigenvalue weighted by atomic mass is 35.5. The normalized spacial score (nSPS) is 14.7. The standard InChI is InChI=1S/C23H19ClN4O3/c24-18-8-6-15(7-9-18)20-14-19(26-30-20)23(29)28-12-10-17(11-13-28)22-25-21(27-31-22)16-4-2-1-3-5-16/h1-9,14,17H,10-13H2. The number of hydrogen-bond donors (Lipinski definition) is 0. The van der Waals surface area contributed by atoms with Crippen LogP contribution in [0, 0.1) is 0 Å². The van der Waals surface area contributed by atoms with Crippen LogP contribution >= 0.6 is 11.6 Å². The lowest BCUT2D eigenvalue weighted by Crippen LogP contribution is -2.38. The van der Waals surface area contributed by atoms with Gasteiger partial charge in [-0.15, -0.1) is 0 Å². The van der Waals surface area contributed by atoms with E-state index in [1.165, 1.54) is 0 Å². The van der Waals surface area contributed by atoms with E-state index in [1.54, 1.807) is 23.1 Å². The number of aromatic nitrogens is 3. The molecule has 0 N–H and O–H groups in total. The zero-order chi connectivity index (χ0) is 21.2. The molecule has 5 rings (SSSR count). The van der Waals surface area contributed by atoms with Gasteiger partial charge in [0, 0.05) is 41.2 Å². The molecule has 2 aromatic heterocycles. The first-order valence-corrected chi connectivity index (χ1v) is 10.5. The van der Waals surface area contributed by atoms with Crippen LogP contribution in [0.2, 0.25) is 5.02 Å². The van der Waals surface area contributed by atoms with Gasteiger partial charge < -0.3 is 13.9 Å². The number of amides is 1. The first-order valence-electron chi connectivity index (χ1n) is 10.1. The molecule has 1 saturated heterocycles. The van der Waals surface area contributed by atoms with E-state index in [1.807, 2.05) is 42.5 Å². The summed E-state index contributed by atoms with van der Waals surface area (Å²) >= 11 is 5.92. The van der Waals surface area contributed by atoms with E-state index in [2.05, 4.69) is 15.3 Å². The third-order valence-corrected chi connectivity index (χ3v) is 5.72. The molecule has 7 nitrogen and oxygen atoms in total. The second-order valence-corrected chi connectivity index (χ2v) is 7.91. The van der Waals surface area contributed by atoms with Crippen LogP contribution in [0.3, 0.4) is 0 Å². The summed E-state index contributed by atoms with van der Waals surface area (Å²) in [6, 6.07) is 18.6. The van der Waals surface area contributed by atoms with Crippen molar-refractivity contribution in [2.75, 3.05) is 13.1 Å². The Kier molecular flexibility index (Phi) is 5.26. The largest absolute Gasteiger partial charge is 0.355 e. The molecule has 1 aliphatic heterocycles. The Morgan fingerprint density at radius 3 is 2.42 bits per heavy atom. The molecule has 0 bridgehead atoms. The smallest absolute Gasteiger partial charge is 0.276 e. The Morgan fingerprint density at radius 1 is 0.935 bits per heavy atom. The van der Waals surface area contributed by atoms with Crippen molar-refractivity contribution in [1.29, 1.82) is 0 Å². The van der Waals surface area contributed by atoms with Gasteiger partial charge in [-0.3, -0.25) is 4.79 Å². The molecular formula is C23H19ClN4O3. The number of rotatable bonds is 4. The van der Waals surface area contributed by atoms with Crippen molar-refractivity contribution in [3.8, 4) is 22.7 Å². The Morgan fingerprint density at radius 2 is 1.68 bits per heavy atom. The maximum absolute atomic E-state index is 12.9. The fraction of sp³-hybridized carbons (Fsp3) is 0.217. The predicted octanol–water partition coefficient (Wildman–Crippen LogP) is 5.06. The molecule has 156 valence electrons. The van der Waals surface area contributed by atoms with Crippen molar-refractivity contribution in [3.63, 3.8) is 0 Å². The molecule has 1 fully saturated rings. The van der Waals surface area contributed by atoms with Crippen LogP contribution in [0.5, 0.6) is 0 Å². The zero-order valence-corrected chi connectivity index (χ0v) is 17.3. The van der Waals surface area contributed by atoms with Crippen molar-refractivity contribution in [1.82, 2.24) is 20.2 Å². The molecule has 0 unspecified atom stereocenters.